The molecule has 0 fully saturated rings. The minimum Gasteiger partial charge on any atom is -0.296 e. The molecular weight excluding hydrogens is 431 g/mol. The largest absolute Gasteiger partial charge is 0.296 e. The Kier molecular flexibility index (Phi) is 5.88. The minimum absolute atomic E-state index is 0.253. The number of halogens is 1. The Hall–Kier alpha value is -2.76. The summed E-state index contributed by atoms with van der Waals surface area (Å²) >= 11 is 3.82. The summed E-state index contributed by atoms with van der Waals surface area (Å²) in [5.41, 5.74) is 1.18. The fourth-order valence-corrected chi connectivity index (χ4v) is 4.98. The highest BCUT2D eigenvalue weighted by molar-refractivity contribution is 8.00. The summed E-state index contributed by atoms with van der Waals surface area (Å²) in [6.07, 6.45) is 3.25. The van der Waals surface area contributed by atoms with Crippen LogP contribution >= 0.6 is 34.4 Å². The number of anilines is 1. The molecule has 29 heavy (non-hydrogen) atoms. The maximum Gasteiger partial charge on any atom is 0.269 e. The fraction of sp³-hybridized carbons (Fsp3) is 0.111. The van der Waals surface area contributed by atoms with Crippen LogP contribution in [0.3, 0.4) is 0 Å². The predicted octanol–water partition coefficient (Wildman–Crippen LogP) is 4.44. The number of thiazole rings is 1. The summed E-state index contributed by atoms with van der Waals surface area (Å²) in [6.45, 7) is 1.76. The molecule has 11 heteroatoms. The van der Waals surface area contributed by atoms with Crippen LogP contribution in [0.1, 0.15) is 20.9 Å². The molecule has 1 amide bonds. The molecule has 0 saturated carbocycles. The van der Waals surface area contributed by atoms with E-state index in [0.29, 0.717) is 42.2 Å². The highest BCUT2D eigenvalue weighted by Gasteiger charge is 2.19. The molecule has 0 radical (unpaired) electrons. The maximum absolute atomic E-state index is 13.7. The molecule has 0 aliphatic rings. The van der Waals surface area contributed by atoms with Gasteiger partial charge < -0.3 is 0 Å². The molecule has 0 saturated heterocycles. The average molecular weight is 445 g/mol. The smallest absolute Gasteiger partial charge is 0.269 e. The van der Waals surface area contributed by atoms with Crippen molar-refractivity contribution >= 4 is 45.5 Å². The van der Waals surface area contributed by atoms with Crippen molar-refractivity contribution < 1.29 is 9.18 Å². The number of amides is 1. The van der Waals surface area contributed by atoms with Gasteiger partial charge in [-0.15, -0.1) is 21.5 Å². The standard InChI is InChI=1S/C18H13FN6OS3/c1-10-13(28-16(22-10)14-20-7-4-8-21-14)15(26)23-17-24-25-18(29-17)27-9-11-5-2-3-6-12(11)19/h2-8H,9H2,1H3,(H,23,24,26). The first-order chi connectivity index (χ1) is 14.1. The van der Waals surface area contributed by atoms with Gasteiger partial charge in [-0.05, 0) is 24.6 Å². The maximum atomic E-state index is 13.7. The molecule has 0 spiro atoms. The zero-order chi connectivity index (χ0) is 20.2. The van der Waals surface area contributed by atoms with E-state index in [1.54, 1.807) is 43.6 Å². The Morgan fingerprint density at radius 2 is 1.93 bits per heavy atom. The van der Waals surface area contributed by atoms with E-state index in [1.807, 2.05) is 0 Å². The molecule has 0 aliphatic carbocycles. The molecule has 4 aromatic rings. The van der Waals surface area contributed by atoms with Crippen LogP contribution in [-0.4, -0.2) is 31.1 Å². The fourth-order valence-electron chi connectivity index (χ4n) is 2.34. The summed E-state index contributed by atoms with van der Waals surface area (Å²) in [5, 5.41) is 11.7. The number of hydrogen-bond donors (Lipinski definition) is 1. The Morgan fingerprint density at radius 3 is 2.72 bits per heavy atom. The van der Waals surface area contributed by atoms with Gasteiger partial charge >= 0.3 is 0 Å². The van der Waals surface area contributed by atoms with E-state index < -0.39 is 0 Å². The van der Waals surface area contributed by atoms with Gasteiger partial charge in [0.05, 0.1) is 5.69 Å². The third kappa shape index (κ3) is 4.63. The quantitative estimate of drug-likeness (QED) is 0.347. The summed E-state index contributed by atoms with van der Waals surface area (Å²) in [4.78, 5) is 25.8. The normalized spacial score (nSPS) is 10.8. The van der Waals surface area contributed by atoms with Gasteiger partial charge in [-0.25, -0.2) is 19.3 Å². The highest BCUT2D eigenvalue weighted by Crippen LogP contribution is 2.30. The van der Waals surface area contributed by atoms with E-state index in [2.05, 4.69) is 30.5 Å². The van der Waals surface area contributed by atoms with Crippen LogP contribution in [0.15, 0.2) is 47.1 Å². The Morgan fingerprint density at radius 1 is 1.14 bits per heavy atom. The van der Waals surface area contributed by atoms with E-state index in [4.69, 9.17) is 0 Å². The molecule has 0 aliphatic heterocycles. The van der Waals surface area contributed by atoms with Gasteiger partial charge in [-0.1, -0.05) is 41.3 Å². The van der Waals surface area contributed by atoms with Crippen molar-refractivity contribution in [1.82, 2.24) is 25.1 Å². The first-order valence-electron chi connectivity index (χ1n) is 8.36. The van der Waals surface area contributed by atoms with Crippen molar-refractivity contribution in [2.45, 2.75) is 17.0 Å². The lowest BCUT2D eigenvalue weighted by molar-refractivity contribution is 0.102. The molecule has 1 aromatic carbocycles. The van der Waals surface area contributed by atoms with Crippen LogP contribution in [0.5, 0.6) is 0 Å². The summed E-state index contributed by atoms with van der Waals surface area (Å²) < 4.78 is 14.3. The number of hydrogen-bond acceptors (Lipinski definition) is 9. The predicted molar refractivity (Wildman–Crippen MR) is 112 cm³/mol. The van der Waals surface area contributed by atoms with Gasteiger partial charge in [0.15, 0.2) is 15.2 Å². The van der Waals surface area contributed by atoms with Crippen molar-refractivity contribution in [3.63, 3.8) is 0 Å². The van der Waals surface area contributed by atoms with E-state index in [-0.39, 0.29) is 11.7 Å². The minimum atomic E-state index is -0.316. The molecule has 4 rings (SSSR count). The van der Waals surface area contributed by atoms with Crippen LogP contribution in [0.4, 0.5) is 9.52 Å². The molecule has 0 atom stereocenters. The van der Waals surface area contributed by atoms with Crippen LogP contribution in [0.25, 0.3) is 10.8 Å². The molecule has 1 N–H and O–H groups in total. The second-order valence-electron chi connectivity index (χ2n) is 5.71. The zero-order valence-electron chi connectivity index (χ0n) is 15.0. The SMILES string of the molecule is Cc1nc(-c2ncccn2)sc1C(=O)Nc1nnc(SCc2ccccc2F)s1. The van der Waals surface area contributed by atoms with Crippen LogP contribution < -0.4 is 5.32 Å². The number of thioether (sulfide) groups is 1. The van der Waals surface area contributed by atoms with Gasteiger partial charge in [0.25, 0.3) is 5.91 Å². The van der Waals surface area contributed by atoms with Gasteiger partial charge in [0.1, 0.15) is 10.7 Å². The third-order valence-electron chi connectivity index (χ3n) is 3.70. The van der Waals surface area contributed by atoms with Crippen LogP contribution in [0.2, 0.25) is 0 Å². The second-order valence-corrected chi connectivity index (χ2v) is 8.91. The number of aryl methyl sites for hydroxylation is 1. The van der Waals surface area contributed by atoms with Crippen LogP contribution in [0, 0.1) is 12.7 Å². The second kappa shape index (κ2) is 8.72. The summed E-state index contributed by atoms with van der Waals surface area (Å²) in [5.74, 6) is 0.340. The molecular formula is C18H13FN6OS3. The number of benzene rings is 1. The zero-order valence-corrected chi connectivity index (χ0v) is 17.4. The average Bonchev–Trinajstić information content (AvgIpc) is 3.34. The van der Waals surface area contributed by atoms with Gasteiger partial charge in [0, 0.05) is 18.1 Å². The Balaban J connectivity index is 1.42. The van der Waals surface area contributed by atoms with Gasteiger partial charge in [0.2, 0.25) is 5.13 Å². The Bertz CT molecular complexity index is 1150. The van der Waals surface area contributed by atoms with Gasteiger partial charge in [-0.3, -0.25) is 10.1 Å². The molecule has 3 heterocycles. The van der Waals surface area contributed by atoms with Gasteiger partial charge in [-0.2, -0.15) is 0 Å². The number of nitrogens with zero attached hydrogens (tertiary/aromatic N) is 5. The number of nitrogens with one attached hydrogen (secondary N) is 1. The van der Waals surface area contributed by atoms with Crippen molar-refractivity contribution in [2.75, 3.05) is 5.32 Å². The number of aromatic nitrogens is 5. The molecule has 0 bridgehead atoms. The molecule has 7 nitrogen and oxygen atoms in total. The number of rotatable bonds is 6. The van der Waals surface area contributed by atoms with Crippen molar-refractivity contribution in [3.8, 4) is 10.8 Å². The number of carbonyl (C=O) groups is 1. The van der Waals surface area contributed by atoms with Crippen molar-refractivity contribution in [1.29, 1.82) is 0 Å². The topological polar surface area (TPSA) is 93.5 Å². The third-order valence-corrected chi connectivity index (χ3v) is 6.87. The highest BCUT2D eigenvalue weighted by atomic mass is 32.2. The summed E-state index contributed by atoms with van der Waals surface area (Å²) in [6, 6.07) is 8.31. The van der Waals surface area contributed by atoms with Crippen LogP contribution in [-0.2, 0) is 5.75 Å². The monoisotopic (exact) mass is 444 g/mol. The molecule has 146 valence electrons. The van der Waals surface area contributed by atoms with E-state index in [0.717, 1.165) is 0 Å². The lowest BCUT2D eigenvalue weighted by Gasteiger charge is -2.00. The van der Waals surface area contributed by atoms with E-state index in [9.17, 15) is 9.18 Å². The summed E-state index contributed by atoms with van der Waals surface area (Å²) in [7, 11) is 0. The lowest BCUT2D eigenvalue weighted by atomic mass is 10.2. The van der Waals surface area contributed by atoms with Crippen molar-refractivity contribution in [3.05, 3.63) is 64.7 Å². The molecule has 0 unspecified atom stereocenters. The molecule has 3 aromatic heterocycles. The Labute approximate surface area is 177 Å². The first kappa shape index (κ1) is 19.6. The first-order valence-corrected chi connectivity index (χ1v) is 11.0. The van der Waals surface area contributed by atoms with E-state index in [1.165, 1.54) is 40.5 Å². The lowest BCUT2D eigenvalue weighted by Crippen LogP contribution is -2.11. The van der Waals surface area contributed by atoms with Crippen molar-refractivity contribution in [2.24, 2.45) is 0 Å². The number of carbonyl (C=O) groups excluding carboxylic acids is 1. The van der Waals surface area contributed by atoms with E-state index >= 15 is 0 Å².